The third-order valence-corrected chi connectivity index (χ3v) is 5.61. The minimum atomic E-state index is -0.152. The largest absolute Gasteiger partial charge is 0.493 e. The summed E-state index contributed by atoms with van der Waals surface area (Å²) in [5, 5.41) is 3.08. The van der Waals surface area contributed by atoms with Crippen molar-refractivity contribution in [3.8, 4) is 11.5 Å². The van der Waals surface area contributed by atoms with Gasteiger partial charge in [-0.2, -0.15) is 0 Å². The number of carbonyl (C=O) groups is 1. The Morgan fingerprint density at radius 3 is 2.59 bits per heavy atom. The highest BCUT2D eigenvalue weighted by atomic mass is 16.5. The van der Waals surface area contributed by atoms with Crippen molar-refractivity contribution in [2.75, 3.05) is 26.1 Å². The van der Waals surface area contributed by atoms with Crippen LogP contribution in [0.5, 0.6) is 11.5 Å². The number of rotatable bonds is 8. The molecule has 0 aromatic heterocycles. The standard InChI is InChI=1S/C24H32N2O3/c1-4-29-23-16-18(14-15-22(23)28-3)24(27)25-21-13-9-8-10-19(21)17-26(2)20-11-6-5-7-12-20/h8-10,13-16,20H,4-7,11-12,17H2,1-3H3,(H,25,27). The maximum atomic E-state index is 12.9. The van der Waals surface area contributed by atoms with Gasteiger partial charge >= 0.3 is 0 Å². The second-order valence-corrected chi connectivity index (χ2v) is 7.62. The van der Waals surface area contributed by atoms with Gasteiger partial charge in [0.2, 0.25) is 0 Å². The normalized spacial score (nSPS) is 14.6. The van der Waals surface area contributed by atoms with E-state index in [1.54, 1.807) is 25.3 Å². The Morgan fingerprint density at radius 1 is 1.10 bits per heavy atom. The van der Waals surface area contributed by atoms with Gasteiger partial charge in [-0.05, 0) is 56.6 Å². The third kappa shape index (κ3) is 5.51. The summed E-state index contributed by atoms with van der Waals surface area (Å²) in [4.78, 5) is 15.3. The van der Waals surface area contributed by atoms with Crippen LogP contribution in [-0.4, -0.2) is 37.6 Å². The van der Waals surface area contributed by atoms with Crippen molar-refractivity contribution in [3.05, 3.63) is 53.6 Å². The van der Waals surface area contributed by atoms with Gasteiger partial charge in [0.15, 0.2) is 11.5 Å². The van der Waals surface area contributed by atoms with Gasteiger partial charge in [0.05, 0.1) is 13.7 Å². The van der Waals surface area contributed by atoms with Crippen molar-refractivity contribution >= 4 is 11.6 Å². The Kier molecular flexibility index (Phi) is 7.53. The zero-order chi connectivity index (χ0) is 20.6. The van der Waals surface area contributed by atoms with Crippen molar-refractivity contribution in [2.24, 2.45) is 0 Å². The maximum Gasteiger partial charge on any atom is 0.255 e. The fraction of sp³-hybridized carbons (Fsp3) is 0.458. The summed E-state index contributed by atoms with van der Waals surface area (Å²) >= 11 is 0. The first-order chi connectivity index (χ1) is 14.1. The minimum Gasteiger partial charge on any atom is -0.493 e. The van der Waals surface area contributed by atoms with Gasteiger partial charge in [-0.15, -0.1) is 0 Å². The number of hydrogen-bond acceptors (Lipinski definition) is 4. The number of nitrogens with zero attached hydrogens (tertiary/aromatic N) is 1. The highest BCUT2D eigenvalue weighted by Crippen LogP contribution is 2.29. The van der Waals surface area contributed by atoms with E-state index in [4.69, 9.17) is 9.47 Å². The molecule has 0 heterocycles. The first kappa shape index (κ1) is 21.2. The van der Waals surface area contributed by atoms with Crippen molar-refractivity contribution < 1.29 is 14.3 Å². The molecule has 0 atom stereocenters. The molecular weight excluding hydrogens is 364 g/mol. The predicted molar refractivity (Wildman–Crippen MR) is 117 cm³/mol. The van der Waals surface area contributed by atoms with E-state index in [0.717, 1.165) is 17.8 Å². The molecular formula is C24H32N2O3. The lowest BCUT2D eigenvalue weighted by atomic mass is 9.94. The van der Waals surface area contributed by atoms with Crippen LogP contribution in [0.15, 0.2) is 42.5 Å². The summed E-state index contributed by atoms with van der Waals surface area (Å²) in [5.74, 6) is 1.05. The van der Waals surface area contributed by atoms with E-state index < -0.39 is 0 Å². The molecule has 2 aromatic carbocycles. The van der Waals surface area contributed by atoms with Crippen LogP contribution < -0.4 is 14.8 Å². The lowest BCUT2D eigenvalue weighted by Gasteiger charge is -2.31. The summed E-state index contributed by atoms with van der Waals surface area (Å²) < 4.78 is 10.9. The molecule has 5 nitrogen and oxygen atoms in total. The number of carbonyl (C=O) groups excluding carboxylic acids is 1. The molecule has 1 aliphatic rings. The van der Waals surface area contributed by atoms with Gasteiger partial charge in [0, 0.05) is 23.8 Å². The molecule has 3 rings (SSSR count). The van der Waals surface area contributed by atoms with Crippen LogP contribution in [0.25, 0.3) is 0 Å². The van der Waals surface area contributed by atoms with Crippen molar-refractivity contribution in [2.45, 2.75) is 51.6 Å². The molecule has 0 aliphatic heterocycles. The number of nitrogens with one attached hydrogen (secondary N) is 1. The molecule has 29 heavy (non-hydrogen) atoms. The monoisotopic (exact) mass is 396 g/mol. The van der Waals surface area contributed by atoms with Crippen LogP contribution in [0.2, 0.25) is 0 Å². The predicted octanol–water partition coefficient (Wildman–Crippen LogP) is 5.11. The van der Waals surface area contributed by atoms with Crippen molar-refractivity contribution in [1.29, 1.82) is 0 Å². The Bertz CT molecular complexity index is 816. The van der Waals surface area contributed by atoms with E-state index in [2.05, 4.69) is 23.3 Å². The number of anilines is 1. The number of hydrogen-bond donors (Lipinski definition) is 1. The Balaban J connectivity index is 1.73. The average molecular weight is 397 g/mol. The van der Waals surface area contributed by atoms with Crippen LogP contribution >= 0.6 is 0 Å². The molecule has 2 aromatic rings. The van der Waals surface area contributed by atoms with Crippen molar-refractivity contribution in [1.82, 2.24) is 4.90 Å². The zero-order valence-corrected chi connectivity index (χ0v) is 17.7. The molecule has 1 amide bonds. The van der Waals surface area contributed by atoms with Gasteiger partial charge in [-0.25, -0.2) is 0 Å². The maximum absolute atomic E-state index is 12.9. The molecule has 1 N–H and O–H groups in total. The first-order valence-corrected chi connectivity index (χ1v) is 10.5. The van der Waals surface area contributed by atoms with Gasteiger partial charge < -0.3 is 14.8 Å². The number of ether oxygens (including phenoxy) is 2. The molecule has 156 valence electrons. The minimum absolute atomic E-state index is 0.152. The highest BCUT2D eigenvalue weighted by Gasteiger charge is 2.19. The molecule has 0 radical (unpaired) electrons. The van der Waals surface area contributed by atoms with Gasteiger partial charge in [-0.3, -0.25) is 9.69 Å². The van der Waals surface area contributed by atoms with E-state index in [1.807, 2.05) is 25.1 Å². The van der Waals surface area contributed by atoms with E-state index in [0.29, 0.717) is 29.7 Å². The number of methoxy groups -OCH3 is 1. The number of para-hydroxylation sites is 1. The second-order valence-electron chi connectivity index (χ2n) is 7.62. The van der Waals surface area contributed by atoms with Crippen LogP contribution in [0, 0.1) is 0 Å². The van der Waals surface area contributed by atoms with Crippen LogP contribution in [0.4, 0.5) is 5.69 Å². The van der Waals surface area contributed by atoms with Gasteiger partial charge in [0.25, 0.3) is 5.91 Å². The van der Waals surface area contributed by atoms with E-state index in [1.165, 1.54) is 32.1 Å². The topological polar surface area (TPSA) is 50.8 Å². The smallest absolute Gasteiger partial charge is 0.255 e. The Labute approximate surface area is 174 Å². The Hall–Kier alpha value is -2.53. The third-order valence-electron chi connectivity index (χ3n) is 5.61. The lowest BCUT2D eigenvalue weighted by Crippen LogP contribution is -2.33. The summed E-state index contributed by atoms with van der Waals surface area (Å²) in [6.07, 6.45) is 6.50. The molecule has 1 aliphatic carbocycles. The molecule has 1 saturated carbocycles. The summed E-state index contributed by atoms with van der Waals surface area (Å²) in [6.45, 7) is 3.25. The van der Waals surface area contributed by atoms with E-state index >= 15 is 0 Å². The lowest BCUT2D eigenvalue weighted by molar-refractivity contribution is 0.102. The highest BCUT2D eigenvalue weighted by molar-refractivity contribution is 6.05. The quantitative estimate of drug-likeness (QED) is 0.674. The second kappa shape index (κ2) is 10.3. The fourth-order valence-corrected chi connectivity index (χ4v) is 3.98. The number of benzene rings is 2. The fourth-order valence-electron chi connectivity index (χ4n) is 3.98. The average Bonchev–Trinajstić information content (AvgIpc) is 2.76. The first-order valence-electron chi connectivity index (χ1n) is 10.5. The summed E-state index contributed by atoms with van der Waals surface area (Å²) in [7, 11) is 3.78. The zero-order valence-electron chi connectivity index (χ0n) is 17.7. The summed E-state index contributed by atoms with van der Waals surface area (Å²) in [6, 6.07) is 13.9. The molecule has 1 fully saturated rings. The SMILES string of the molecule is CCOc1cc(C(=O)Nc2ccccc2CN(C)C2CCCCC2)ccc1OC. The molecule has 0 saturated heterocycles. The van der Waals surface area contributed by atoms with Crippen LogP contribution in [0.3, 0.4) is 0 Å². The molecule has 0 unspecified atom stereocenters. The van der Waals surface area contributed by atoms with Crippen LogP contribution in [-0.2, 0) is 6.54 Å². The number of amides is 1. The van der Waals surface area contributed by atoms with Gasteiger partial charge in [0.1, 0.15) is 0 Å². The van der Waals surface area contributed by atoms with E-state index in [9.17, 15) is 4.79 Å². The Morgan fingerprint density at radius 2 is 1.86 bits per heavy atom. The molecule has 5 heteroatoms. The summed E-state index contributed by atoms with van der Waals surface area (Å²) in [5.41, 5.74) is 2.53. The van der Waals surface area contributed by atoms with Crippen LogP contribution in [0.1, 0.15) is 54.9 Å². The molecule has 0 spiro atoms. The van der Waals surface area contributed by atoms with E-state index in [-0.39, 0.29) is 5.91 Å². The van der Waals surface area contributed by atoms with Gasteiger partial charge in [-0.1, -0.05) is 37.5 Å². The van der Waals surface area contributed by atoms with Crippen molar-refractivity contribution in [3.63, 3.8) is 0 Å². The molecule has 0 bridgehead atoms.